The molecule has 1 N–H and O–H groups in total. The second kappa shape index (κ2) is 7.32. The van der Waals surface area contributed by atoms with Gasteiger partial charge in [-0.15, -0.1) is 0 Å². The van der Waals surface area contributed by atoms with Crippen molar-refractivity contribution in [3.63, 3.8) is 0 Å². The Hall–Kier alpha value is -2.96. The summed E-state index contributed by atoms with van der Waals surface area (Å²) < 4.78 is 5.36. The van der Waals surface area contributed by atoms with Gasteiger partial charge in [-0.2, -0.15) is 0 Å². The third-order valence-corrected chi connectivity index (χ3v) is 7.30. The van der Waals surface area contributed by atoms with Gasteiger partial charge < -0.3 is 19.5 Å². The number of aromatic nitrogens is 1. The largest absolute Gasteiger partial charge is 0.444 e. The highest BCUT2D eigenvalue weighted by Crippen LogP contribution is 2.43. The summed E-state index contributed by atoms with van der Waals surface area (Å²) in [5, 5.41) is 3.47. The van der Waals surface area contributed by atoms with Crippen LogP contribution in [-0.4, -0.2) is 66.0 Å². The lowest BCUT2D eigenvalue weighted by atomic mass is 9.64. The highest BCUT2D eigenvalue weighted by atomic mass is 16.3. The first-order valence-corrected chi connectivity index (χ1v) is 11.0. The van der Waals surface area contributed by atoms with Crippen LogP contribution in [0.4, 0.5) is 0 Å². The number of carbonyl (C=O) groups excluding carboxylic acids is 1. The zero-order chi connectivity index (χ0) is 20.8. The molecule has 3 aromatic rings. The van der Waals surface area contributed by atoms with Crippen LogP contribution in [0.5, 0.6) is 0 Å². The molecule has 0 aliphatic carbocycles. The lowest BCUT2D eigenvalue weighted by Gasteiger charge is -2.55. The number of hydrogen-bond donors (Lipinski definition) is 1. The summed E-state index contributed by atoms with van der Waals surface area (Å²) in [7, 11) is 0. The van der Waals surface area contributed by atoms with Crippen molar-refractivity contribution >= 4 is 5.91 Å². The van der Waals surface area contributed by atoms with E-state index in [2.05, 4.69) is 50.4 Å². The van der Waals surface area contributed by atoms with E-state index in [9.17, 15) is 4.79 Å². The van der Waals surface area contributed by atoms with E-state index in [0.29, 0.717) is 17.2 Å². The molecule has 3 atom stereocenters. The van der Waals surface area contributed by atoms with Crippen LogP contribution < -0.4 is 5.32 Å². The summed E-state index contributed by atoms with van der Waals surface area (Å²) in [5.74, 6) is 1.14. The molecule has 5 heterocycles. The van der Waals surface area contributed by atoms with Crippen LogP contribution in [0.3, 0.4) is 0 Å². The van der Waals surface area contributed by atoms with E-state index in [4.69, 9.17) is 4.42 Å². The first-order valence-electron chi connectivity index (χ1n) is 11.0. The van der Waals surface area contributed by atoms with Crippen LogP contribution in [0.2, 0.25) is 0 Å². The second-order valence-electron chi connectivity index (χ2n) is 9.15. The molecule has 2 unspecified atom stereocenters. The smallest absolute Gasteiger partial charge is 0.251 e. The fourth-order valence-electron chi connectivity index (χ4n) is 5.94. The maximum Gasteiger partial charge on any atom is 0.251 e. The SMILES string of the molecule is O=C(N[C@@H]1C2CN3CCN(C2)CC1(c1ccccc1)C3)c1ccc(-c2cnco2)cc1. The van der Waals surface area contributed by atoms with E-state index >= 15 is 0 Å². The van der Waals surface area contributed by atoms with Gasteiger partial charge in [-0.3, -0.25) is 4.79 Å². The average molecular weight is 415 g/mol. The number of amides is 1. The molecule has 0 radical (unpaired) electrons. The van der Waals surface area contributed by atoms with Gasteiger partial charge in [-0.25, -0.2) is 4.98 Å². The quantitative estimate of drug-likeness (QED) is 0.711. The Kier molecular flexibility index (Phi) is 4.44. The van der Waals surface area contributed by atoms with Crippen LogP contribution in [0, 0.1) is 5.92 Å². The monoisotopic (exact) mass is 414 g/mol. The normalized spacial score (nSPS) is 31.4. The predicted octanol–water partition coefficient (Wildman–Crippen LogP) is 2.64. The molecule has 4 aliphatic heterocycles. The van der Waals surface area contributed by atoms with Crippen molar-refractivity contribution in [2.45, 2.75) is 11.5 Å². The molecule has 158 valence electrons. The molecule has 4 bridgehead atoms. The van der Waals surface area contributed by atoms with Crippen molar-refractivity contribution in [3.05, 3.63) is 78.3 Å². The molecular formula is C25H26N4O2. The Balaban J connectivity index is 1.31. The molecule has 0 spiro atoms. The standard InChI is InChI=1S/C25H26N4O2/c30-24(19-8-6-18(7-9-19)22-12-26-17-31-22)27-23-20-13-28-10-11-29(14-20)16-25(23,15-28)21-4-2-1-3-5-21/h1-9,12,17,20,23H,10-11,13-16H2,(H,27,30)/t20?,23-,25?/m1/s1. The Bertz CT molecular complexity index is 1050. The van der Waals surface area contributed by atoms with Gasteiger partial charge in [-0.1, -0.05) is 42.5 Å². The lowest BCUT2D eigenvalue weighted by molar-refractivity contribution is 0.0180. The molecular weight excluding hydrogens is 388 g/mol. The Morgan fingerprint density at radius 2 is 1.71 bits per heavy atom. The van der Waals surface area contributed by atoms with Gasteiger partial charge in [0.25, 0.3) is 5.91 Å². The Labute approximate surface area is 181 Å². The minimum absolute atomic E-state index is 0.000531. The predicted molar refractivity (Wildman–Crippen MR) is 118 cm³/mol. The fraction of sp³-hybridized carbons (Fsp3) is 0.360. The van der Waals surface area contributed by atoms with E-state index in [0.717, 1.165) is 44.8 Å². The van der Waals surface area contributed by atoms with E-state index < -0.39 is 0 Å². The summed E-state index contributed by atoms with van der Waals surface area (Å²) in [6.07, 6.45) is 3.10. The highest BCUT2D eigenvalue weighted by molar-refractivity contribution is 5.95. The van der Waals surface area contributed by atoms with Crippen molar-refractivity contribution < 1.29 is 9.21 Å². The van der Waals surface area contributed by atoms with Crippen LogP contribution in [0.25, 0.3) is 11.3 Å². The van der Waals surface area contributed by atoms with Crippen LogP contribution in [0.1, 0.15) is 15.9 Å². The molecule has 2 aromatic carbocycles. The molecule has 1 amide bonds. The molecule has 4 fully saturated rings. The molecule has 31 heavy (non-hydrogen) atoms. The van der Waals surface area contributed by atoms with E-state index in [1.54, 1.807) is 6.20 Å². The number of rotatable bonds is 4. The van der Waals surface area contributed by atoms with E-state index in [-0.39, 0.29) is 17.4 Å². The topological polar surface area (TPSA) is 61.6 Å². The lowest BCUT2D eigenvalue weighted by Crippen LogP contribution is -2.70. The van der Waals surface area contributed by atoms with E-state index in [1.165, 1.54) is 12.0 Å². The number of nitrogens with one attached hydrogen (secondary N) is 1. The maximum atomic E-state index is 13.3. The third-order valence-electron chi connectivity index (χ3n) is 7.30. The van der Waals surface area contributed by atoms with Crippen molar-refractivity contribution in [1.82, 2.24) is 20.1 Å². The van der Waals surface area contributed by atoms with Crippen LogP contribution in [0.15, 0.2) is 71.6 Å². The second-order valence-corrected chi connectivity index (χ2v) is 9.15. The number of hydrogen-bond acceptors (Lipinski definition) is 5. The molecule has 4 aliphatic rings. The Morgan fingerprint density at radius 3 is 2.35 bits per heavy atom. The summed E-state index contributed by atoms with van der Waals surface area (Å²) in [5.41, 5.74) is 2.86. The third kappa shape index (κ3) is 3.18. The number of nitrogens with zero attached hydrogens (tertiary/aromatic N) is 3. The molecule has 6 heteroatoms. The first-order chi connectivity index (χ1) is 15.2. The van der Waals surface area contributed by atoms with Crippen LogP contribution in [-0.2, 0) is 5.41 Å². The number of piperidine rings is 2. The zero-order valence-corrected chi connectivity index (χ0v) is 17.4. The fourth-order valence-corrected chi connectivity index (χ4v) is 5.94. The highest BCUT2D eigenvalue weighted by Gasteiger charge is 2.55. The van der Waals surface area contributed by atoms with Gasteiger partial charge in [0.2, 0.25) is 0 Å². The average Bonchev–Trinajstić information content (AvgIpc) is 3.23. The Morgan fingerprint density at radius 1 is 1.00 bits per heavy atom. The molecule has 4 saturated heterocycles. The van der Waals surface area contributed by atoms with Gasteiger partial charge in [-0.05, 0) is 17.7 Å². The number of carbonyl (C=O) groups is 1. The number of benzene rings is 2. The number of oxazole rings is 1. The first kappa shape index (κ1) is 18.8. The number of fused-ring (bicyclic) bond motifs is 1. The maximum absolute atomic E-state index is 13.3. The van der Waals surface area contributed by atoms with Crippen LogP contribution >= 0.6 is 0 Å². The summed E-state index contributed by atoms with van der Waals surface area (Å²) in [4.78, 5) is 22.5. The summed E-state index contributed by atoms with van der Waals surface area (Å²) in [6, 6.07) is 18.5. The van der Waals surface area contributed by atoms with Crippen molar-refractivity contribution in [2.24, 2.45) is 5.92 Å². The van der Waals surface area contributed by atoms with Crippen molar-refractivity contribution in [1.29, 1.82) is 0 Å². The molecule has 0 saturated carbocycles. The van der Waals surface area contributed by atoms with Gasteiger partial charge in [0.1, 0.15) is 0 Å². The van der Waals surface area contributed by atoms with Crippen molar-refractivity contribution in [3.8, 4) is 11.3 Å². The van der Waals surface area contributed by atoms with Crippen molar-refractivity contribution in [2.75, 3.05) is 39.3 Å². The van der Waals surface area contributed by atoms with Gasteiger partial charge in [0.05, 0.1) is 6.20 Å². The van der Waals surface area contributed by atoms with Gasteiger partial charge in [0, 0.05) is 67.8 Å². The van der Waals surface area contributed by atoms with E-state index in [1.807, 2.05) is 24.3 Å². The molecule has 6 nitrogen and oxygen atoms in total. The summed E-state index contributed by atoms with van der Waals surface area (Å²) in [6.45, 7) is 6.35. The van der Waals surface area contributed by atoms with Gasteiger partial charge in [0.15, 0.2) is 12.2 Å². The molecule has 7 rings (SSSR count). The van der Waals surface area contributed by atoms with Gasteiger partial charge >= 0.3 is 0 Å². The summed E-state index contributed by atoms with van der Waals surface area (Å²) >= 11 is 0. The zero-order valence-electron chi connectivity index (χ0n) is 17.4. The minimum atomic E-state index is -0.0750. The molecule has 1 aromatic heterocycles. The minimum Gasteiger partial charge on any atom is -0.444 e.